The molecule has 0 radical (unpaired) electrons. The maximum atomic E-state index is 10.5. The van der Waals surface area contributed by atoms with Crippen molar-refractivity contribution in [3.63, 3.8) is 0 Å². The molecular formula is C12H11N7O. The van der Waals surface area contributed by atoms with E-state index in [1.54, 1.807) is 43.3 Å². The van der Waals surface area contributed by atoms with Crippen molar-refractivity contribution in [1.82, 2.24) is 5.43 Å². The molecule has 0 heterocycles. The lowest BCUT2D eigenvalue weighted by Crippen LogP contribution is -2.25. The van der Waals surface area contributed by atoms with E-state index in [-0.39, 0.29) is 0 Å². The van der Waals surface area contributed by atoms with Gasteiger partial charge in [-0.25, -0.2) is 10.2 Å². The Morgan fingerprint density at radius 2 is 1.90 bits per heavy atom. The van der Waals surface area contributed by atoms with Crippen LogP contribution < -0.4 is 11.2 Å². The van der Waals surface area contributed by atoms with Gasteiger partial charge in [-0.2, -0.15) is 25.9 Å². The number of primary amides is 1. The van der Waals surface area contributed by atoms with Crippen molar-refractivity contribution in [2.75, 3.05) is 0 Å². The third-order valence-electron chi connectivity index (χ3n) is 2.15. The van der Waals surface area contributed by atoms with E-state index in [2.05, 4.69) is 20.8 Å². The van der Waals surface area contributed by atoms with Crippen LogP contribution in [0, 0.1) is 22.7 Å². The minimum absolute atomic E-state index is 0.500. The second kappa shape index (κ2) is 7.24. The molecule has 2 amide bonds. The molecule has 0 aliphatic carbocycles. The fraction of sp³-hybridized carbons (Fsp3) is 0.167. The summed E-state index contributed by atoms with van der Waals surface area (Å²) >= 11 is 0. The van der Waals surface area contributed by atoms with Gasteiger partial charge >= 0.3 is 6.03 Å². The van der Waals surface area contributed by atoms with E-state index in [0.29, 0.717) is 11.4 Å². The Hall–Kier alpha value is -3.26. The Morgan fingerprint density at radius 3 is 2.40 bits per heavy atom. The van der Waals surface area contributed by atoms with Gasteiger partial charge in [-0.3, -0.25) is 0 Å². The summed E-state index contributed by atoms with van der Waals surface area (Å²) < 4.78 is 0. The molecule has 0 spiro atoms. The SMILES string of the molecule is C/C(=N\NC(N)=O)c1ccc(N=NC(C#N)C#N)cc1. The Morgan fingerprint density at radius 1 is 1.30 bits per heavy atom. The molecule has 0 fully saturated rings. The zero-order valence-corrected chi connectivity index (χ0v) is 10.6. The van der Waals surface area contributed by atoms with Gasteiger partial charge in [0.15, 0.2) is 0 Å². The summed E-state index contributed by atoms with van der Waals surface area (Å²) in [5, 5.41) is 28.2. The van der Waals surface area contributed by atoms with Gasteiger partial charge in [0.05, 0.1) is 11.4 Å². The predicted octanol–water partition coefficient (Wildman–Crippen LogP) is 1.58. The van der Waals surface area contributed by atoms with E-state index in [1.165, 1.54) is 0 Å². The van der Waals surface area contributed by atoms with Crippen molar-refractivity contribution in [1.29, 1.82) is 10.5 Å². The predicted molar refractivity (Wildman–Crippen MR) is 70.9 cm³/mol. The largest absolute Gasteiger partial charge is 0.350 e. The summed E-state index contributed by atoms with van der Waals surface area (Å²) in [4.78, 5) is 10.5. The first kappa shape index (κ1) is 14.8. The molecule has 1 aromatic carbocycles. The number of carbonyl (C=O) groups is 1. The third-order valence-corrected chi connectivity index (χ3v) is 2.15. The summed E-state index contributed by atoms with van der Waals surface area (Å²) in [7, 11) is 0. The van der Waals surface area contributed by atoms with Gasteiger partial charge in [0.1, 0.15) is 12.1 Å². The Kier molecular flexibility index (Phi) is 5.35. The quantitative estimate of drug-likeness (QED) is 0.487. The van der Waals surface area contributed by atoms with Gasteiger partial charge in [0.25, 0.3) is 0 Å². The van der Waals surface area contributed by atoms with Crippen molar-refractivity contribution in [2.24, 2.45) is 21.1 Å². The minimum atomic E-state index is -1.11. The molecular weight excluding hydrogens is 258 g/mol. The van der Waals surface area contributed by atoms with Crippen molar-refractivity contribution < 1.29 is 4.79 Å². The van der Waals surface area contributed by atoms with Crippen LogP contribution in [0.15, 0.2) is 39.6 Å². The van der Waals surface area contributed by atoms with Gasteiger partial charge in [0, 0.05) is 0 Å². The smallest absolute Gasteiger partial charge is 0.332 e. The highest BCUT2D eigenvalue weighted by Gasteiger charge is 2.01. The molecule has 0 saturated heterocycles. The number of nitriles is 2. The molecule has 1 rings (SSSR count). The fourth-order valence-corrected chi connectivity index (χ4v) is 1.18. The topological polar surface area (TPSA) is 140 Å². The minimum Gasteiger partial charge on any atom is -0.350 e. The summed E-state index contributed by atoms with van der Waals surface area (Å²) in [5.74, 6) is 0. The lowest BCUT2D eigenvalue weighted by atomic mass is 10.1. The Balaban J connectivity index is 2.80. The number of nitrogens with two attached hydrogens (primary N) is 1. The van der Waals surface area contributed by atoms with E-state index in [0.717, 1.165) is 5.56 Å². The average Bonchev–Trinajstić information content (AvgIpc) is 2.46. The molecule has 100 valence electrons. The normalized spacial score (nSPS) is 11.1. The van der Waals surface area contributed by atoms with Crippen LogP contribution >= 0.6 is 0 Å². The van der Waals surface area contributed by atoms with Crippen molar-refractivity contribution in [2.45, 2.75) is 13.0 Å². The van der Waals surface area contributed by atoms with Gasteiger partial charge in [-0.15, -0.1) is 0 Å². The lowest BCUT2D eigenvalue weighted by molar-refractivity contribution is 0.249. The number of azo groups is 1. The van der Waals surface area contributed by atoms with Crippen LogP contribution in [0.4, 0.5) is 10.5 Å². The molecule has 0 atom stereocenters. The molecule has 0 aromatic heterocycles. The number of hydrazone groups is 1. The second-order valence-corrected chi connectivity index (χ2v) is 3.60. The van der Waals surface area contributed by atoms with Crippen LogP contribution in [0.1, 0.15) is 12.5 Å². The zero-order chi connectivity index (χ0) is 15.0. The molecule has 8 nitrogen and oxygen atoms in total. The number of urea groups is 1. The number of nitrogens with one attached hydrogen (secondary N) is 1. The highest BCUT2D eigenvalue weighted by Crippen LogP contribution is 2.14. The van der Waals surface area contributed by atoms with Crippen LogP contribution in [0.5, 0.6) is 0 Å². The standard InChI is InChI=1S/C12H11N7O/c1-8(16-19-12(15)20)9-2-4-10(5-3-9)17-18-11(6-13)7-14/h2-5,11H,1H3,(H3,15,19,20)/b16-8+,18-17?. The first-order chi connectivity index (χ1) is 9.56. The molecule has 0 bridgehead atoms. The van der Waals surface area contributed by atoms with Crippen molar-refractivity contribution in [3.8, 4) is 12.1 Å². The van der Waals surface area contributed by atoms with Crippen LogP contribution in [0.2, 0.25) is 0 Å². The molecule has 0 unspecified atom stereocenters. The maximum absolute atomic E-state index is 10.5. The summed E-state index contributed by atoms with van der Waals surface area (Å²) in [5.41, 5.74) is 8.85. The molecule has 0 aliphatic heterocycles. The highest BCUT2D eigenvalue weighted by molar-refractivity contribution is 5.99. The van der Waals surface area contributed by atoms with Crippen LogP contribution in [0.25, 0.3) is 0 Å². The average molecular weight is 269 g/mol. The number of carbonyl (C=O) groups excluding carboxylic acids is 1. The van der Waals surface area contributed by atoms with Gasteiger partial charge in [0.2, 0.25) is 6.04 Å². The molecule has 1 aromatic rings. The van der Waals surface area contributed by atoms with Crippen LogP contribution in [-0.2, 0) is 0 Å². The van der Waals surface area contributed by atoms with E-state index in [1.807, 2.05) is 0 Å². The maximum Gasteiger partial charge on any atom is 0.332 e. The summed E-state index contributed by atoms with van der Waals surface area (Å²) in [6.45, 7) is 1.70. The molecule has 0 aliphatic rings. The van der Waals surface area contributed by atoms with Crippen LogP contribution in [0.3, 0.4) is 0 Å². The van der Waals surface area contributed by atoms with Gasteiger partial charge in [-0.05, 0) is 24.6 Å². The number of amides is 2. The Labute approximate surface area is 115 Å². The van der Waals surface area contributed by atoms with Gasteiger partial charge in [-0.1, -0.05) is 12.1 Å². The summed E-state index contributed by atoms with van der Waals surface area (Å²) in [6.07, 6.45) is 0. The number of hydrogen-bond donors (Lipinski definition) is 2. The zero-order valence-electron chi connectivity index (χ0n) is 10.6. The van der Waals surface area contributed by atoms with E-state index in [4.69, 9.17) is 16.3 Å². The van der Waals surface area contributed by atoms with E-state index >= 15 is 0 Å². The molecule has 8 heteroatoms. The molecule has 3 N–H and O–H groups in total. The third kappa shape index (κ3) is 4.55. The van der Waals surface area contributed by atoms with Crippen LogP contribution in [-0.4, -0.2) is 17.8 Å². The number of benzene rings is 1. The first-order valence-electron chi connectivity index (χ1n) is 5.47. The van der Waals surface area contributed by atoms with Gasteiger partial charge < -0.3 is 5.73 Å². The lowest BCUT2D eigenvalue weighted by Gasteiger charge is -2.01. The Bertz CT molecular complexity index is 605. The summed E-state index contributed by atoms with van der Waals surface area (Å²) in [6, 6.07) is 8.23. The monoisotopic (exact) mass is 269 g/mol. The molecule has 0 saturated carbocycles. The number of hydrogen-bond acceptors (Lipinski definition) is 6. The molecule has 20 heavy (non-hydrogen) atoms. The highest BCUT2D eigenvalue weighted by atomic mass is 16.2. The van der Waals surface area contributed by atoms with E-state index in [9.17, 15) is 4.79 Å². The van der Waals surface area contributed by atoms with E-state index < -0.39 is 12.1 Å². The fourth-order valence-electron chi connectivity index (χ4n) is 1.18. The number of rotatable bonds is 4. The second-order valence-electron chi connectivity index (χ2n) is 3.60. The van der Waals surface area contributed by atoms with Crippen molar-refractivity contribution in [3.05, 3.63) is 29.8 Å². The number of nitrogens with zero attached hydrogens (tertiary/aromatic N) is 5. The first-order valence-corrected chi connectivity index (χ1v) is 5.47. The van der Waals surface area contributed by atoms with Crippen molar-refractivity contribution >= 4 is 17.4 Å².